The number of hydrogen-bond donors (Lipinski definition) is 3. The number of ether oxygens (including phenoxy) is 2. The van der Waals surface area contributed by atoms with Crippen molar-refractivity contribution >= 4 is 39.4 Å². The van der Waals surface area contributed by atoms with E-state index >= 15 is 0 Å². The van der Waals surface area contributed by atoms with Crippen LogP contribution in [-0.4, -0.2) is 61.7 Å². The summed E-state index contributed by atoms with van der Waals surface area (Å²) >= 11 is 0. The first-order chi connectivity index (χ1) is 12.5. The summed E-state index contributed by atoms with van der Waals surface area (Å²) < 4.78 is 10.2. The Morgan fingerprint density at radius 3 is 2.38 bits per heavy atom. The predicted octanol–water partition coefficient (Wildman–Crippen LogP) is 1.41. The first-order valence-electron chi connectivity index (χ1n) is 7.71. The van der Waals surface area contributed by atoms with Gasteiger partial charge in [-0.1, -0.05) is 21.6 Å². The molecule has 0 heterocycles. The lowest BCUT2D eigenvalue weighted by Gasteiger charge is -2.10. The molecule has 0 atom stereocenters. The summed E-state index contributed by atoms with van der Waals surface area (Å²) in [4.78, 5) is 34.1. The molecule has 2 amide bonds. The van der Waals surface area contributed by atoms with Crippen LogP contribution in [0.25, 0.3) is 0 Å². The van der Waals surface area contributed by atoms with Gasteiger partial charge < -0.3 is 25.2 Å². The molecule has 0 saturated heterocycles. The molecule has 0 fully saturated rings. The third-order valence-corrected chi connectivity index (χ3v) is 5.45. The van der Waals surface area contributed by atoms with Gasteiger partial charge in [0.1, 0.15) is 0 Å². The van der Waals surface area contributed by atoms with Crippen LogP contribution in [0, 0.1) is 0 Å². The maximum atomic E-state index is 12.1. The molecule has 144 valence electrons. The third kappa shape index (κ3) is 8.34. The van der Waals surface area contributed by atoms with Crippen molar-refractivity contribution in [1.29, 1.82) is 0 Å². The highest BCUT2D eigenvalue weighted by Gasteiger charge is 2.11. The van der Waals surface area contributed by atoms with Crippen molar-refractivity contribution < 1.29 is 29.0 Å². The largest absolute Gasteiger partial charge is 0.493 e. The van der Waals surface area contributed by atoms with Crippen molar-refractivity contribution in [2.24, 2.45) is 0 Å². The molecule has 1 rings (SSSR count). The van der Waals surface area contributed by atoms with Crippen LogP contribution < -0.4 is 20.1 Å². The van der Waals surface area contributed by atoms with Gasteiger partial charge in [-0.15, -0.1) is 0 Å². The molecule has 0 radical (unpaired) electrons. The number of benzene rings is 1. The third-order valence-electron chi connectivity index (χ3n) is 3.05. The minimum absolute atomic E-state index is 0.117. The van der Waals surface area contributed by atoms with E-state index in [0.29, 0.717) is 35.1 Å². The molecular weight excluding hydrogens is 380 g/mol. The molecule has 0 aromatic heterocycles. The molecule has 0 aliphatic carbocycles. The Hall–Kier alpha value is -2.07. The van der Waals surface area contributed by atoms with Gasteiger partial charge in [-0.05, 0) is 18.2 Å². The lowest BCUT2D eigenvalue weighted by atomic mass is 10.2. The Balaban J connectivity index is 2.26. The van der Waals surface area contributed by atoms with Gasteiger partial charge in [-0.25, -0.2) is 0 Å². The van der Waals surface area contributed by atoms with Crippen molar-refractivity contribution in [2.45, 2.75) is 6.42 Å². The molecule has 0 spiro atoms. The van der Waals surface area contributed by atoms with Crippen molar-refractivity contribution in [3.8, 4) is 11.5 Å². The number of nitrogens with one attached hydrogen (secondary N) is 2. The van der Waals surface area contributed by atoms with Gasteiger partial charge in [0, 0.05) is 23.6 Å². The molecule has 0 aliphatic rings. The number of hydrogen-bond acceptors (Lipinski definition) is 7. The maximum Gasteiger partial charge on any atom is 0.304 e. The van der Waals surface area contributed by atoms with E-state index in [-0.39, 0.29) is 24.8 Å². The second-order valence-electron chi connectivity index (χ2n) is 4.89. The van der Waals surface area contributed by atoms with E-state index in [1.54, 1.807) is 12.1 Å². The summed E-state index contributed by atoms with van der Waals surface area (Å²) in [5, 5.41) is 13.7. The number of carbonyl (C=O) groups is 3. The van der Waals surface area contributed by atoms with Crippen molar-refractivity contribution in [3.05, 3.63) is 23.8 Å². The minimum atomic E-state index is -0.823. The SMILES string of the molecule is COc1ccc(C(=O)NCC(=O)NCCSSCCC(=O)O)cc1OC. The van der Waals surface area contributed by atoms with E-state index in [0.717, 1.165) is 0 Å². The van der Waals surface area contributed by atoms with Gasteiger partial charge in [0.2, 0.25) is 5.91 Å². The highest BCUT2D eigenvalue weighted by atomic mass is 33.1. The molecule has 1 aromatic carbocycles. The summed E-state index contributed by atoms with van der Waals surface area (Å²) in [5.74, 6) is 0.614. The molecule has 0 unspecified atom stereocenters. The van der Waals surface area contributed by atoms with Gasteiger partial charge in [0.25, 0.3) is 5.91 Å². The molecular formula is C16H22N2O6S2. The van der Waals surface area contributed by atoms with Crippen LogP contribution in [0.15, 0.2) is 18.2 Å². The number of amides is 2. The fourth-order valence-corrected chi connectivity index (χ4v) is 3.67. The zero-order valence-corrected chi connectivity index (χ0v) is 16.2. The monoisotopic (exact) mass is 402 g/mol. The summed E-state index contributed by atoms with van der Waals surface area (Å²) in [5.41, 5.74) is 0.362. The Kier molecular flexibility index (Phi) is 10.4. The average Bonchev–Trinajstić information content (AvgIpc) is 2.64. The molecule has 26 heavy (non-hydrogen) atoms. The highest BCUT2D eigenvalue weighted by Crippen LogP contribution is 2.27. The Bertz CT molecular complexity index is 627. The lowest BCUT2D eigenvalue weighted by molar-refractivity contribution is -0.136. The topological polar surface area (TPSA) is 114 Å². The second kappa shape index (κ2) is 12.3. The molecule has 0 aliphatic heterocycles. The van der Waals surface area contributed by atoms with E-state index in [9.17, 15) is 14.4 Å². The van der Waals surface area contributed by atoms with Crippen LogP contribution >= 0.6 is 21.6 Å². The summed E-state index contributed by atoms with van der Waals surface area (Å²) in [6.07, 6.45) is 0.117. The Morgan fingerprint density at radius 1 is 1.04 bits per heavy atom. The van der Waals surface area contributed by atoms with Gasteiger partial charge in [0.15, 0.2) is 11.5 Å². The Labute approximate surface area is 159 Å². The molecule has 8 nitrogen and oxygen atoms in total. The normalized spacial score (nSPS) is 10.1. The van der Waals surface area contributed by atoms with E-state index in [2.05, 4.69) is 10.6 Å². The molecule has 0 bridgehead atoms. The highest BCUT2D eigenvalue weighted by molar-refractivity contribution is 8.76. The first-order valence-corrected chi connectivity index (χ1v) is 10.2. The van der Waals surface area contributed by atoms with Crippen LogP contribution in [0.4, 0.5) is 0 Å². The molecule has 10 heteroatoms. The van der Waals surface area contributed by atoms with Crippen molar-refractivity contribution in [1.82, 2.24) is 10.6 Å². The number of rotatable bonds is 12. The van der Waals surface area contributed by atoms with Gasteiger partial charge in [-0.2, -0.15) is 0 Å². The van der Waals surface area contributed by atoms with Gasteiger partial charge in [0.05, 0.1) is 27.2 Å². The summed E-state index contributed by atoms with van der Waals surface area (Å²) in [6, 6.07) is 4.74. The fourth-order valence-electron chi connectivity index (χ4n) is 1.78. The molecule has 1 aromatic rings. The van der Waals surface area contributed by atoms with Gasteiger partial charge in [-0.3, -0.25) is 14.4 Å². The second-order valence-corrected chi connectivity index (χ2v) is 7.59. The quantitative estimate of drug-likeness (QED) is 0.355. The number of carboxylic acids is 1. The number of methoxy groups -OCH3 is 2. The van der Waals surface area contributed by atoms with Crippen molar-refractivity contribution in [2.75, 3.05) is 38.8 Å². The van der Waals surface area contributed by atoms with E-state index in [1.807, 2.05) is 0 Å². The average molecular weight is 402 g/mol. The summed E-state index contributed by atoms with van der Waals surface area (Å²) in [6.45, 7) is 0.305. The summed E-state index contributed by atoms with van der Waals surface area (Å²) in [7, 11) is 5.92. The van der Waals surface area contributed by atoms with E-state index in [4.69, 9.17) is 14.6 Å². The number of aliphatic carboxylic acids is 1. The Morgan fingerprint density at radius 2 is 1.73 bits per heavy atom. The van der Waals surface area contributed by atoms with Crippen molar-refractivity contribution in [3.63, 3.8) is 0 Å². The molecule has 0 saturated carbocycles. The maximum absolute atomic E-state index is 12.1. The number of carbonyl (C=O) groups excluding carboxylic acids is 2. The van der Waals surface area contributed by atoms with E-state index in [1.165, 1.54) is 41.9 Å². The predicted molar refractivity (Wildman–Crippen MR) is 102 cm³/mol. The van der Waals surface area contributed by atoms with Gasteiger partial charge >= 0.3 is 5.97 Å². The zero-order chi connectivity index (χ0) is 19.4. The van der Waals surface area contributed by atoms with E-state index < -0.39 is 5.97 Å². The smallest absolute Gasteiger partial charge is 0.304 e. The zero-order valence-electron chi connectivity index (χ0n) is 14.6. The molecule has 3 N–H and O–H groups in total. The first kappa shape index (κ1) is 22.0. The standard InChI is InChI=1S/C16H22N2O6S2/c1-23-12-4-3-11(9-13(12)24-2)16(22)18-10-14(19)17-6-8-26-25-7-5-15(20)21/h3-4,9H,5-8,10H2,1-2H3,(H,17,19)(H,18,22)(H,20,21). The van der Waals surface area contributed by atoms with Crippen LogP contribution in [0.1, 0.15) is 16.8 Å². The lowest BCUT2D eigenvalue weighted by Crippen LogP contribution is -2.37. The van der Waals surface area contributed by atoms with Crippen LogP contribution in [-0.2, 0) is 9.59 Å². The van der Waals surface area contributed by atoms with Crippen LogP contribution in [0.3, 0.4) is 0 Å². The fraction of sp³-hybridized carbons (Fsp3) is 0.438. The minimum Gasteiger partial charge on any atom is -0.493 e. The van der Waals surface area contributed by atoms with Crippen LogP contribution in [0.5, 0.6) is 11.5 Å². The van der Waals surface area contributed by atoms with Crippen LogP contribution in [0.2, 0.25) is 0 Å². The number of carboxylic acid groups (broad SMARTS) is 1.